The van der Waals surface area contributed by atoms with Gasteiger partial charge in [0.2, 0.25) is 0 Å². The monoisotopic (exact) mass is 359 g/mol. The number of rotatable bonds is 7. The minimum Gasteiger partial charge on any atom is -0.482 e. The molecule has 2 N–H and O–H groups in total. The molecule has 3 rings (SSSR count). The van der Waals surface area contributed by atoms with Gasteiger partial charge in [-0.3, -0.25) is 4.79 Å². The van der Waals surface area contributed by atoms with Gasteiger partial charge in [0.15, 0.2) is 6.61 Å². The van der Waals surface area contributed by atoms with Crippen molar-refractivity contribution in [2.45, 2.75) is 18.9 Å². The second-order valence-corrected chi connectivity index (χ2v) is 6.49. The second kappa shape index (κ2) is 7.57. The van der Waals surface area contributed by atoms with Gasteiger partial charge in [0.25, 0.3) is 5.91 Å². The number of nitrogens with one attached hydrogen (secondary N) is 1. The van der Waals surface area contributed by atoms with E-state index in [0.717, 1.165) is 18.4 Å². The van der Waals surface area contributed by atoms with Crippen molar-refractivity contribution >= 4 is 23.5 Å². The summed E-state index contributed by atoms with van der Waals surface area (Å²) in [6, 6.07) is 13.9. The van der Waals surface area contributed by atoms with E-state index in [-0.39, 0.29) is 11.9 Å². The van der Waals surface area contributed by atoms with E-state index >= 15 is 0 Å². The Balaban J connectivity index is 1.72. The zero-order valence-corrected chi connectivity index (χ0v) is 14.2. The van der Waals surface area contributed by atoms with Gasteiger partial charge in [-0.15, -0.1) is 0 Å². The van der Waals surface area contributed by atoms with Crippen LogP contribution in [0.25, 0.3) is 0 Å². The van der Waals surface area contributed by atoms with Gasteiger partial charge in [-0.05, 0) is 54.7 Å². The largest absolute Gasteiger partial charge is 0.482 e. The number of carbonyl (C=O) groups is 2. The van der Waals surface area contributed by atoms with Gasteiger partial charge in [-0.1, -0.05) is 29.8 Å². The van der Waals surface area contributed by atoms with Gasteiger partial charge in [0.05, 0.1) is 6.04 Å². The van der Waals surface area contributed by atoms with E-state index in [1.165, 1.54) is 0 Å². The molecule has 1 unspecified atom stereocenters. The fourth-order valence-electron chi connectivity index (χ4n) is 2.67. The first-order valence-electron chi connectivity index (χ1n) is 8.04. The Morgan fingerprint density at radius 2 is 1.92 bits per heavy atom. The van der Waals surface area contributed by atoms with Gasteiger partial charge in [0, 0.05) is 10.6 Å². The van der Waals surface area contributed by atoms with E-state index in [1.54, 1.807) is 24.3 Å². The van der Waals surface area contributed by atoms with Crippen LogP contribution >= 0.6 is 11.6 Å². The molecule has 25 heavy (non-hydrogen) atoms. The van der Waals surface area contributed by atoms with Crippen LogP contribution in [0.15, 0.2) is 48.5 Å². The first kappa shape index (κ1) is 17.3. The summed E-state index contributed by atoms with van der Waals surface area (Å²) in [6.07, 6.45) is 2.16. The third kappa shape index (κ3) is 4.73. The van der Waals surface area contributed by atoms with Crippen LogP contribution in [0.2, 0.25) is 5.02 Å². The topological polar surface area (TPSA) is 75.6 Å². The molecule has 0 bridgehead atoms. The molecule has 2 aromatic carbocycles. The van der Waals surface area contributed by atoms with Crippen LogP contribution in [0.4, 0.5) is 0 Å². The van der Waals surface area contributed by atoms with E-state index in [1.807, 2.05) is 24.3 Å². The van der Waals surface area contributed by atoms with Crippen LogP contribution in [0.1, 0.15) is 34.8 Å². The van der Waals surface area contributed by atoms with Crippen LogP contribution in [-0.4, -0.2) is 23.6 Å². The summed E-state index contributed by atoms with van der Waals surface area (Å²) >= 11 is 5.94. The van der Waals surface area contributed by atoms with Crippen LogP contribution in [0.5, 0.6) is 5.75 Å². The number of carboxylic acid groups (broad SMARTS) is 1. The number of ether oxygens (including phenoxy) is 1. The van der Waals surface area contributed by atoms with E-state index in [4.69, 9.17) is 21.4 Å². The fraction of sp³-hybridized carbons (Fsp3) is 0.263. The molecular weight excluding hydrogens is 342 g/mol. The van der Waals surface area contributed by atoms with E-state index < -0.39 is 12.6 Å². The van der Waals surface area contributed by atoms with Crippen molar-refractivity contribution < 1.29 is 19.4 Å². The molecule has 0 saturated heterocycles. The predicted molar refractivity (Wildman–Crippen MR) is 94.0 cm³/mol. The maximum Gasteiger partial charge on any atom is 0.341 e. The highest BCUT2D eigenvalue weighted by Gasteiger charge is 2.33. The van der Waals surface area contributed by atoms with Crippen molar-refractivity contribution in [3.63, 3.8) is 0 Å². The van der Waals surface area contributed by atoms with Crippen LogP contribution in [0, 0.1) is 5.92 Å². The first-order valence-corrected chi connectivity index (χ1v) is 8.42. The molecule has 0 radical (unpaired) electrons. The van der Waals surface area contributed by atoms with Crippen LogP contribution in [-0.2, 0) is 4.79 Å². The molecule has 0 aromatic heterocycles. The van der Waals surface area contributed by atoms with E-state index in [9.17, 15) is 9.59 Å². The van der Waals surface area contributed by atoms with Crippen molar-refractivity contribution in [2.75, 3.05) is 6.61 Å². The number of hydrogen-bond acceptors (Lipinski definition) is 3. The third-order valence-electron chi connectivity index (χ3n) is 4.07. The zero-order valence-electron chi connectivity index (χ0n) is 13.4. The highest BCUT2D eigenvalue weighted by molar-refractivity contribution is 6.30. The summed E-state index contributed by atoms with van der Waals surface area (Å²) in [7, 11) is 0. The Hall–Kier alpha value is -2.53. The first-order chi connectivity index (χ1) is 12.0. The number of benzene rings is 2. The number of halogens is 1. The van der Waals surface area contributed by atoms with Crippen molar-refractivity contribution in [2.24, 2.45) is 5.92 Å². The van der Waals surface area contributed by atoms with Crippen molar-refractivity contribution in [1.82, 2.24) is 5.32 Å². The van der Waals surface area contributed by atoms with E-state index in [0.29, 0.717) is 22.3 Å². The van der Waals surface area contributed by atoms with Gasteiger partial charge >= 0.3 is 5.97 Å². The molecule has 1 saturated carbocycles. The number of hydrogen-bond donors (Lipinski definition) is 2. The summed E-state index contributed by atoms with van der Waals surface area (Å²) in [5.41, 5.74) is 1.46. The van der Waals surface area contributed by atoms with Crippen molar-refractivity contribution in [3.05, 3.63) is 64.7 Å². The number of amides is 1. The molecule has 0 aliphatic heterocycles. The lowest BCUT2D eigenvalue weighted by Gasteiger charge is -2.19. The molecule has 6 heteroatoms. The Kier molecular flexibility index (Phi) is 5.24. The molecule has 1 fully saturated rings. The zero-order chi connectivity index (χ0) is 17.8. The van der Waals surface area contributed by atoms with Gasteiger partial charge in [-0.2, -0.15) is 0 Å². The van der Waals surface area contributed by atoms with Gasteiger partial charge in [-0.25, -0.2) is 4.79 Å². The summed E-state index contributed by atoms with van der Waals surface area (Å²) < 4.78 is 5.13. The molecule has 2 aromatic rings. The normalized spacial score (nSPS) is 14.6. The standard InChI is InChI=1S/C19H18ClNO4/c20-15-8-6-13(7-9-15)18(12-4-5-12)21-19(24)14-2-1-3-16(10-14)25-11-17(22)23/h1-3,6-10,12,18H,4-5,11H2,(H,21,24)(H,22,23). The maximum atomic E-state index is 12.6. The molecule has 1 aliphatic rings. The highest BCUT2D eigenvalue weighted by atomic mass is 35.5. The molecular formula is C19H18ClNO4. The van der Waals surface area contributed by atoms with Gasteiger partial charge in [0.1, 0.15) is 5.75 Å². The summed E-state index contributed by atoms with van der Waals surface area (Å²) in [5, 5.41) is 12.4. The van der Waals surface area contributed by atoms with Crippen molar-refractivity contribution in [3.8, 4) is 5.75 Å². The van der Waals surface area contributed by atoms with Crippen LogP contribution < -0.4 is 10.1 Å². The average molecular weight is 360 g/mol. The SMILES string of the molecule is O=C(O)COc1cccc(C(=O)NC(c2ccc(Cl)cc2)C2CC2)c1. The Labute approximate surface area is 150 Å². The molecule has 1 amide bonds. The Bertz CT molecular complexity index is 771. The minimum absolute atomic E-state index is 0.0617. The summed E-state index contributed by atoms with van der Waals surface area (Å²) in [6.45, 7) is -0.444. The number of aliphatic carboxylic acids is 1. The second-order valence-electron chi connectivity index (χ2n) is 6.05. The maximum absolute atomic E-state index is 12.6. The summed E-state index contributed by atoms with van der Waals surface area (Å²) in [4.78, 5) is 23.2. The molecule has 1 atom stereocenters. The predicted octanol–water partition coefficient (Wildman–Crippen LogP) is 3.68. The Morgan fingerprint density at radius 3 is 2.56 bits per heavy atom. The molecule has 1 aliphatic carbocycles. The minimum atomic E-state index is -1.06. The lowest BCUT2D eigenvalue weighted by molar-refractivity contribution is -0.139. The third-order valence-corrected chi connectivity index (χ3v) is 4.32. The molecule has 130 valence electrons. The van der Waals surface area contributed by atoms with E-state index in [2.05, 4.69) is 5.32 Å². The van der Waals surface area contributed by atoms with Crippen LogP contribution in [0.3, 0.4) is 0 Å². The lowest BCUT2D eigenvalue weighted by atomic mass is 10.0. The molecule has 0 heterocycles. The summed E-state index contributed by atoms with van der Waals surface area (Å²) in [5.74, 6) is -0.500. The quantitative estimate of drug-likeness (QED) is 0.790. The number of carboxylic acids is 1. The smallest absolute Gasteiger partial charge is 0.341 e. The average Bonchev–Trinajstić information content (AvgIpc) is 3.44. The molecule has 0 spiro atoms. The Morgan fingerprint density at radius 1 is 1.20 bits per heavy atom. The van der Waals surface area contributed by atoms with Gasteiger partial charge < -0.3 is 15.2 Å². The lowest BCUT2D eigenvalue weighted by Crippen LogP contribution is -2.29. The molecule has 5 nitrogen and oxygen atoms in total. The highest BCUT2D eigenvalue weighted by Crippen LogP contribution is 2.41. The number of carbonyl (C=O) groups excluding carboxylic acids is 1. The fourth-order valence-corrected chi connectivity index (χ4v) is 2.80. The van der Waals surface area contributed by atoms with Crippen molar-refractivity contribution in [1.29, 1.82) is 0 Å².